The second-order valence-corrected chi connectivity index (χ2v) is 4.88. The summed E-state index contributed by atoms with van der Waals surface area (Å²) in [5.41, 5.74) is 3.37. The largest absolute Gasteiger partial charge is 0.350 e. The Hall–Kier alpha value is -2.20. The molecule has 0 aliphatic heterocycles. The SMILES string of the molecule is CNCCc1nccc(-c2cn(C)c3ccccc23)n1. The van der Waals surface area contributed by atoms with Crippen LogP contribution in [-0.4, -0.2) is 28.1 Å². The fraction of sp³-hybridized carbons (Fsp3) is 0.250. The third-order valence-corrected chi connectivity index (χ3v) is 3.48. The van der Waals surface area contributed by atoms with Crippen LogP contribution < -0.4 is 5.32 Å². The Bertz CT molecular complexity index is 730. The van der Waals surface area contributed by atoms with Crippen LogP contribution in [0.25, 0.3) is 22.2 Å². The van der Waals surface area contributed by atoms with Crippen molar-refractivity contribution in [3.05, 3.63) is 48.5 Å². The highest BCUT2D eigenvalue weighted by Crippen LogP contribution is 2.28. The Morgan fingerprint density at radius 3 is 2.90 bits per heavy atom. The van der Waals surface area contributed by atoms with Crippen LogP contribution >= 0.6 is 0 Å². The van der Waals surface area contributed by atoms with E-state index in [0.29, 0.717) is 0 Å². The van der Waals surface area contributed by atoms with Crippen molar-refractivity contribution in [2.75, 3.05) is 13.6 Å². The average molecular weight is 266 g/mol. The van der Waals surface area contributed by atoms with E-state index in [-0.39, 0.29) is 0 Å². The third kappa shape index (κ3) is 2.30. The van der Waals surface area contributed by atoms with Gasteiger partial charge >= 0.3 is 0 Å². The molecule has 2 heterocycles. The van der Waals surface area contributed by atoms with Gasteiger partial charge in [-0.15, -0.1) is 0 Å². The summed E-state index contributed by atoms with van der Waals surface area (Å²) in [6.07, 6.45) is 4.82. The quantitative estimate of drug-likeness (QED) is 0.788. The van der Waals surface area contributed by atoms with Crippen LogP contribution in [0.3, 0.4) is 0 Å². The number of benzene rings is 1. The monoisotopic (exact) mass is 266 g/mol. The summed E-state index contributed by atoms with van der Waals surface area (Å²) in [4.78, 5) is 9.01. The van der Waals surface area contributed by atoms with Crippen LogP contribution in [0.15, 0.2) is 42.7 Å². The van der Waals surface area contributed by atoms with Gasteiger partial charge < -0.3 is 9.88 Å². The second kappa shape index (κ2) is 5.43. The fourth-order valence-electron chi connectivity index (χ4n) is 2.45. The molecule has 4 nitrogen and oxygen atoms in total. The maximum atomic E-state index is 4.68. The summed E-state index contributed by atoms with van der Waals surface area (Å²) in [6.45, 7) is 0.888. The van der Waals surface area contributed by atoms with Gasteiger partial charge in [0.1, 0.15) is 5.82 Å². The number of nitrogens with zero attached hydrogens (tertiary/aromatic N) is 3. The molecule has 0 amide bonds. The van der Waals surface area contributed by atoms with E-state index in [0.717, 1.165) is 30.0 Å². The summed E-state index contributed by atoms with van der Waals surface area (Å²) >= 11 is 0. The average Bonchev–Trinajstić information content (AvgIpc) is 2.83. The zero-order valence-corrected chi connectivity index (χ0v) is 11.8. The standard InChI is InChI=1S/C16H18N4/c1-17-9-8-16-18-10-7-14(19-16)13-11-20(2)15-6-4-3-5-12(13)15/h3-7,10-11,17H,8-9H2,1-2H3. The number of nitrogens with one attached hydrogen (secondary N) is 1. The number of fused-ring (bicyclic) bond motifs is 1. The highest BCUT2D eigenvalue weighted by atomic mass is 14.9. The van der Waals surface area contributed by atoms with Crippen LogP contribution in [0.4, 0.5) is 0 Å². The van der Waals surface area contributed by atoms with E-state index in [1.807, 2.05) is 19.3 Å². The highest BCUT2D eigenvalue weighted by molar-refractivity contribution is 5.95. The van der Waals surface area contributed by atoms with Gasteiger partial charge in [-0.05, 0) is 19.2 Å². The molecule has 1 aromatic carbocycles. The van der Waals surface area contributed by atoms with E-state index in [4.69, 9.17) is 0 Å². The Labute approximate surface area is 118 Å². The summed E-state index contributed by atoms with van der Waals surface area (Å²) in [6, 6.07) is 10.4. The minimum Gasteiger partial charge on any atom is -0.350 e. The molecule has 0 aliphatic rings. The smallest absolute Gasteiger partial charge is 0.130 e. The van der Waals surface area contributed by atoms with Crippen molar-refractivity contribution >= 4 is 10.9 Å². The van der Waals surface area contributed by atoms with Crippen molar-refractivity contribution in [3.8, 4) is 11.3 Å². The molecule has 0 atom stereocenters. The molecular weight excluding hydrogens is 248 g/mol. The van der Waals surface area contributed by atoms with Crippen LogP contribution in [0.2, 0.25) is 0 Å². The lowest BCUT2D eigenvalue weighted by molar-refractivity contribution is 0.756. The van der Waals surface area contributed by atoms with Gasteiger partial charge in [-0.1, -0.05) is 18.2 Å². The normalized spacial score (nSPS) is 11.1. The van der Waals surface area contributed by atoms with Gasteiger partial charge in [0.15, 0.2) is 0 Å². The van der Waals surface area contributed by atoms with Gasteiger partial charge in [0.25, 0.3) is 0 Å². The molecule has 0 spiro atoms. The number of para-hydroxylation sites is 1. The van der Waals surface area contributed by atoms with Gasteiger partial charge in [-0.2, -0.15) is 0 Å². The summed E-state index contributed by atoms with van der Waals surface area (Å²) < 4.78 is 2.14. The van der Waals surface area contributed by atoms with Crippen molar-refractivity contribution in [3.63, 3.8) is 0 Å². The number of likely N-dealkylation sites (N-methyl/N-ethyl adjacent to an activating group) is 1. The molecule has 1 N–H and O–H groups in total. The van der Waals surface area contributed by atoms with Gasteiger partial charge in [0, 0.05) is 48.9 Å². The predicted octanol–water partition coefficient (Wildman–Crippen LogP) is 2.40. The lowest BCUT2D eigenvalue weighted by Gasteiger charge is -2.02. The summed E-state index contributed by atoms with van der Waals surface area (Å²) in [5, 5.41) is 4.35. The topological polar surface area (TPSA) is 42.7 Å². The van der Waals surface area contributed by atoms with Gasteiger partial charge in [0.2, 0.25) is 0 Å². The van der Waals surface area contributed by atoms with E-state index in [2.05, 4.69) is 57.4 Å². The molecule has 0 saturated carbocycles. The van der Waals surface area contributed by atoms with Gasteiger partial charge in [-0.3, -0.25) is 0 Å². The number of hydrogen-bond donors (Lipinski definition) is 1. The molecule has 3 rings (SSSR count). The molecule has 0 bridgehead atoms. The molecular formula is C16H18N4. The molecule has 102 valence electrons. The van der Waals surface area contributed by atoms with E-state index in [1.54, 1.807) is 0 Å². The third-order valence-electron chi connectivity index (χ3n) is 3.48. The molecule has 20 heavy (non-hydrogen) atoms. The fourth-order valence-corrected chi connectivity index (χ4v) is 2.45. The molecule has 0 saturated heterocycles. The zero-order valence-electron chi connectivity index (χ0n) is 11.8. The molecule has 4 heteroatoms. The van der Waals surface area contributed by atoms with E-state index in [1.165, 1.54) is 10.9 Å². The number of hydrogen-bond acceptors (Lipinski definition) is 3. The Balaban J connectivity index is 2.07. The number of rotatable bonds is 4. The zero-order chi connectivity index (χ0) is 13.9. The first-order valence-electron chi connectivity index (χ1n) is 6.80. The van der Waals surface area contributed by atoms with Crippen molar-refractivity contribution in [2.45, 2.75) is 6.42 Å². The van der Waals surface area contributed by atoms with Gasteiger partial charge in [0.05, 0.1) is 5.69 Å². The van der Waals surface area contributed by atoms with Crippen molar-refractivity contribution in [1.29, 1.82) is 0 Å². The van der Waals surface area contributed by atoms with E-state index in [9.17, 15) is 0 Å². The van der Waals surface area contributed by atoms with E-state index < -0.39 is 0 Å². The summed E-state index contributed by atoms with van der Waals surface area (Å²) in [5.74, 6) is 0.879. The Morgan fingerprint density at radius 2 is 2.05 bits per heavy atom. The first-order chi connectivity index (χ1) is 9.79. The van der Waals surface area contributed by atoms with Crippen LogP contribution in [0, 0.1) is 0 Å². The van der Waals surface area contributed by atoms with Crippen molar-refractivity contribution in [2.24, 2.45) is 7.05 Å². The predicted molar refractivity (Wildman–Crippen MR) is 81.6 cm³/mol. The number of aromatic nitrogens is 3. The Kier molecular flexibility index (Phi) is 3.48. The van der Waals surface area contributed by atoms with Gasteiger partial charge in [-0.25, -0.2) is 9.97 Å². The first kappa shape index (κ1) is 12.8. The van der Waals surface area contributed by atoms with Crippen molar-refractivity contribution in [1.82, 2.24) is 19.9 Å². The van der Waals surface area contributed by atoms with Crippen LogP contribution in [0.1, 0.15) is 5.82 Å². The maximum absolute atomic E-state index is 4.68. The molecule has 0 unspecified atom stereocenters. The maximum Gasteiger partial charge on any atom is 0.130 e. The van der Waals surface area contributed by atoms with Crippen LogP contribution in [0.5, 0.6) is 0 Å². The molecule has 0 fully saturated rings. The van der Waals surface area contributed by atoms with E-state index >= 15 is 0 Å². The summed E-state index contributed by atoms with van der Waals surface area (Å²) in [7, 11) is 4.00. The van der Waals surface area contributed by atoms with Crippen LogP contribution in [-0.2, 0) is 13.5 Å². The molecule has 2 aromatic heterocycles. The first-order valence-corrected chi connectivity index (χ1v) is 6.80. The second-order valence-electron chi connectivity index (χ2n) is 4.88. The Morgan fingerprint density at radius 1 is 1.20 bits per heavy atom. The lowest BCUT2D eigenvalue weighted by atomic mass is 10.1. The highest BCUT2D eigenvalue weighted by Gasteiger charge is 2.09. The minimum absolute atomic E-state index is 0.842. The lowest BCUT2D eigenvalue weighted by Crippen LogP contribution is -2.12. The van der Waals surface area contributed by atoms with Crippen molar-refractivity contribution < 1.29 is 0 Å². The molecule has 0 radical (unpaired) electrons. The molecule has 3 aromatic rings. The number of aryl methyl sites for hydroxylation is 1. The molecule has 0 aliphatic carbocycles. The minimum atomic E-state index is 0.842.